The summed E-state index contributed by atoms with van der Waals surface area (Å²) in [6.07, 6.45) is -3.42. The standard InChI is InChI=1S/C16H11F3N4OS/c17-16(18,19)14-21-22-15(25)23(14)20-10-11-5-4-8-13(9-11)24-12-6-2-1-3-7-12/h1-10H,(H,22,25). The van der Waals surface area contributed by atoms with Crippen LogP contribution in [0.5, 0.6) is 11.5 Å². The number of ether oxygens (including phenoxy) is 1. The number of hydrogen-bond acceptors (Lipinski definition) is 4. The molecule has 1 heterocycles. The van der Waals surface area contributed by atoms with Crippen LogP contribution in [0.15, 0.2) is 59.7 Å². The van der Waals surface area contributed by atoms with Gasteiger partial charge in [0.15, 0.2) is 0 Å². The number of aromatic amines is 1. The van der Waals surface area contributed by atoms with Crippen LogP contribution in [0, 0.1) is 4.77 Å². The topological polar surface area (TPSA) is 55.2 Å². The summed E-state index contributed by atoms with van der Waals surface area (Å²) in [5.74, 6) is -0.0413. The third-order valence-electron chi connectivity index (χ3n) is 3.06. The fourth-order valence-electron chi connectivity index (χ4n) is 1.99. The van der Waals surface area contributed by atoms with E-state index in [-0.39, 0.29) is 4.77 Å². The van der Waals surface area contributed by atoms with Crippen LogP contribution in [0.1, 0.15) is 11.4 Å². The van der Waals surface area contributed by atoms with E-state index in [1.54, 1.807) is 36.4 Å². The van der Waals surface area contributed by atoms with Crippen LogP contribution in [-0.4, -0.2) is 21.1 Å². The van der Waals surface area contributed by atoms with E-state index < -0.39 is 12.0 Å². The minimum absolute atomic E-state index is 0.250. The molecule has 5 nitrogen and oxygen atoms in total. The Morgan fingerprint density at radius 3 is 2.52 bits per heavy atom. The molecule has 0 aliphatic rings. The zero-order valence-electron chi connectivity index (χ0n) is 12.6. The molecule has 0 bridgehead atoms. The summed E-state index contributed by atoms with van der Waals surface area (Å²) in [6, 6.07) is 15.9. The van der Waals surface area contributed by atoms with Crippen molar-refractivity contribution in [3.8, 4) is 11.5 Å². The normalized spacial score (nSPS) is 11.8. The molecule has 0 amide bonds. The Morgan fingerprint density at radius 1 is 1.08 bits per heavy atom. The predicted molar refractivity (Wildman–Crippen MR) is 88.4 cm³/mol. The van der Waals surface area contributed by atoms with Crippen LogP contribution < -0.4 is 4.74 Å². The van der Waals surface area contributed by atoms with Crippen molar-refractivity contribution in [3.05, 3.63) is 70.8 Å². The van der Waals surface area contributed by atoms with E-state index in [1.165, 1.54) is 6.21 Å². The number of hydrogen-bond donors (Lipinski definition) is 1. The van der Waals surface area contributed by atoms with E-state index >= 15 is 0 Å². The zero-order valence-corrected chi connectivity index (χ0v) is 13.4. The maximum atomic E-state index is 12.9. The highest BCUT2D eigenvalue weighted by Crippen LogP contribution is 2.27. The molecular formula is C16H11F3N4OS. The summed E-state index contributed by atoms with van der Waals surface area (Å²) in [4.78, 5) is 0. The highest BCUT2D eigenvalue weighted by atomic mass is 32.1. The zero-order chi connectivity index (χ0) is 17.9. The lowest BCUT2D eigenvalue weighted by molar-refractivity contribution is -0.147. The molecule has 2 aromatic carbocycles. The summed E-state index contributed by atoms with van der Waals surface area (Å²) < 4.78 is 44.5. The Hall–Kier alpha value is -2.94. The lowest BCUT2D eigenvalue weighted by atomic mass is 10.2. The van der Waals surface area contributed by atoms with Crippen LogP contribution in [0.2, 0.25) is 0 Å². The Morgan fingerprint density at radius 2 is 1.80 bits per heavy atom. The largest absolute Gasteiger partial charge is 0.457 e. The molecule has 128 valence electrons. The maximum Gasteiger partial charge on any atom is 0.453 e. The number of rotatable bonds is 4. The quantitative estimate of drug-likeness (QED) is 0.542. The summed E-state index contributed by atoms with van der Waals surface area (Å²) >= 11 is 4.78. The highest BCUT2D eigenvalue weighted by molar-refractivity contribution is 7.71. The molecule has 0 aliphatic heterocycles. The van der Waals surface area contributed by atoms with Gasteiger partial charge in [-0.1, -0.05) is 30.3 Å². The van der Waals surface area contributed by atoms with Crippen molar-refractivity contribution in [2.24, 2.45) is 5.10 Å². The average Bonchev–Trinajstić information content (AvgIpc) is 2.95. The van der Waals surface area contributed by atoms with Gasteiger partial charge in [0.1, 0.15) is 11.5 Å². The van der Waals surface area contributed by atoms with E-state index in [0.717, 1.165) is 0 Å². The number of alkyl halides is 3. The lowest BCUT2D eigenvalue weighted by Gasteiger charge is -2.06. The van der Waals surface area contributed by atoms with Gasteiger partial charge < -0.3 is 4.74 Å². The first-order chi connectivity index (χ1) is 11.9. The fraction of sp³-hybridized carbons (Fsp3) is 0.0625. The Balaban J connectivity index is 1.85. The number of aromatic nitrogens is 3. The van der Waals surface area contributed by atoms with Gasteiger partial charge in [0, 0.05) is 0 Å². The number of H-pyrrole nitrogens is 1. The monoisotopic (exact) mass is 364 g/mol. The molecule has 0 saturated carbocycles. The molecule has 1 aromatic heterocycles. The number of para-hydroxylation sites is 1. The molecule has 3 rings (SSSR count). The molecule has 3 aromatic rings. The third kappa shape index (κ3) is 4.13. The van der Waals surface area contributed by atoms with Gasteiger partial charge in [-0.3, -0.25) is 0 Å². The van der Waals surface area contributed by atoms with Crippen molar-refractivity contribution in [1.29, 1.82) is 0 Å². The van der Waals surface area contributed by atoms with Crippen molar-refractivity contribution in [1.82, 2.24) is 14.9 Å². The van der Waals surface area contributed by atoms with E-state index in [0.29, 0.717) is 21.7 Å². The minimum atomic E-state index is -4.66. The third-order valence-corrected chi connectivity index (χ3v) is 3.33. The Labute approximate surface area is 145 Å². The van der Waals surface area contributed by atoms with Crippen molar-refractivity contribution in [2.75, 3.05) is 0 Å². The van der Waals surface area contributed by atoms with Gasteiger partial charge >= 0.3 is 6.18 Å². The number of nitrogens with one attached hydrogen (secondary N) is 1. The van der Waals surface area contributed by atoms with Crippen LogP contribution >= 0.6 is 12.2 Å². The summed E-state index contributed by atoms with van der Waals surface area (Å²) in [5, 5.41) is 9.01. The number of halogens is 3. The van der Waals surface area contributed by atoms with E-state index in [9.17, 15) is 13.2 Å². The maximum absolute atomic E-state index is 12.9. The van der Waals surface area contributed by atoms with Crippen molar-refractivity contribution in [3.63, 3.8) is 0 Å². The second kappa shape index (κ2) is 6.89. The van der Waals surface area contributed by atoms with Gasteiger partial charge in [0.2, 0.25) is 4.77 Å². The smallest absolute Gasteiger partial charge is 0.453 e. The SMILES string of the molecule is FC(F)(F)c1n[nH]c(=S)n1N=Cc1cccc(Oc2ccccc2)c1. The fourth-order valence-corrected chi connectivity index (χ4v) is 2.17. The van der Waals surface area contributed by atoms with E-state index in [2.05, 4.69) is 15.3 Å². The Bertz CT molecular complexity index is 948. The van der Waals surface area contributed by atoms with Crippen molar-refractivity contribution >= 4 is 18.4 Å². The summed E-state index contributed by atoms with van der Waals surface area (Å²) in [5.41, 5.74) is 0.546. The minimum Gasteiger partial charge on any atom is -0.457 e. The molecule has 9 heteroatoms. The van der Waals surface area contributed by atoms with Gasteiger partial charge in [0.25, 0.3) is 5.82 Å². The number of nitrogens with zero attached hydrogens (tertiary/aromatic N) is 3. The van der Waals surface area contributed by atoms with Crippen LogP contribution in [0.25, 0.3) is 0 Å². The van der Waals surface area contributed by atoms with Crippen LogP contribution in [0.3, 0.4) is 0 Å². The van der Waals surface area contributed by atoms with Gasteiger partial charge in [-0.15, -0.1) is 5.10 Å². The molecule has 0 saturated heterocycles. The molecule has 0 radical (unpaired) electrons. The van der Waals surface area contributed by atoms with Gasteiger partial charge in [-0.05, 0) is 42.0 Å². The van der Waals surface area contributed by atoms with E-state index in [1.807, 2.05) is 18.2 Å². The van der Waals surface area contributed by atoms with Gasteiger partial charge in [-0.2, -0.15) is 22.9 Å². The Kier molecular flexibility index (Phi) is 4.66. The van der Waals surface area contributed by atoms with Crippen LogP contribution in [0.4, 0.5) is 13.2 Å². The molecule has 0 spiro atoms. The van der Waals surface area contributed by atoms with E-state index in [4.69, 9.17) is 17.0 Å². The van der Waals surface area contributed by atoms with Gasteiger partial charge in [0.05, 0.1) is 6.21 Å². The second-order valence-electron chi connectivity index (χ2n) is 4.89. The summed E-state index contributed by atoms with van der Waals surface area (Å²) in [7, 11) is 0. The molecule has 0 aliphatic carbocycles. The molecule has 0 unspecified atom stereocenters. The summed E-state index contributed by atoms with van der Waals surface area (Å²) in [6.45, 7) is 0. The molecule has 0 fully saturated rings. The highest BCUT2D eigenvalue weighted by Gasteiger charge is 2.37. The lowest BCUT2D eigenvalue weighted by Crippen LogP contribution is -2.12. The number of benzene rings is 2. The van der Waals surface area contributed by atoms with Gasteiger partial charge in [-0.25, -0.2) is 5.10 Å². The second-order valence-corrected chi connectivity index (χ2v) is 5.28. The molecular weight excluding hydrogens is 353 g/mol. The molecule has 0 atom stereocenters. The first-order valence-corrected chi connectivity index (χ1v) is 7.46. The van der Waals surface area contributed by atoms with Crippen molar-refractivity contribution in [2.45, 2.75) is 6.18 Å². The average molecular weight is 364 g/mol. The predicted octanol–water partition coefficient (Wildman–Crippen LogP) is 4.63. The van der Waals surface area contributed by atoms with Crippen molar-refractivity contribution < 1.29 is 17.9 Å². The first-order valence-electron chi connectivity index (χ1n) is 7.05. The molecule has 25 heavy (non-hydrogen) atoms. The molecule has 1 N–H and O–H groups in total. The van der Waals surface area contributed by atoms with Crippen LogP contribution in [-0.2, 0) is 6.18 Å². The first kappa shape index (κ1) is 16.9.